The van der Waals surface area contributed by atoms with Gasteiger partial charge in [-0.25, -0.2) is 5.43 Å². The van der Waals surface area contributed by atoms with Crippen molar-refractivity contribution in [3.8, 4) is 0 Å². The third kappa shape index (κ3) is 2.14. The average molecular weight is 318 g/mol. The number of fused-ring (bicyclic) bond motifs is 2. The highest BCUT2D eigenvalue weighted by atomic mass is 32.1. The molecule has 1 aromatic rings. The van der Waals surface area contributed by atoms with E-state index in [2.05, 4.69) is 31.3 Å². The van der Waals surface area contributed by atoms with Crippen LogP contribution in [0.5, 0.6) is 0 Å². The van der Waals surface area contributed by atoms with Crippen molar-refractivity contribution < 1.29 is 9.59 Å². The number of carbonyl (C=O) groups excluding carboxylic acids is 2. The maximum absolute atomic E-state index is 12.2. The molecule has 0 aliphatic heterocycles. The maximum Gasteiger partial charge on any atom is 0.281 e. The molecule has 2 fully saturated rings. The fraction of sp³-hybridized carbons (Fsp3) is 0.588. The second kappa shape index (κ2) is 5.01. The molecule has 0 radical (unpaired) electrons. The van der Waals surface area contributed by atoms with Crippen LogP contribution >= 0.6 is 11.3 Å². The van der Waals surface area contributed by atoms with Crippen LogP contribution in [0.25, 0.3) is 0 Å². The molecule has 2 atom stereocenters. The van der Waals surface area contributed by atoms with Crippen LogP contribution in [0.4, 0.5) is 0 Å². The molecule has 4 nitrogen and oxygen atoms in total. The highest BCUT2D eigenvalue weighted by molar-refractivity contribution is 7.15. The molecule has 1 N–H and O–H groups in total. The minimum atomic E-state index is -0.228. The van der Waals surface area contributed by atoms with Crippen molar-refractivity contribution in [2.24, 2.45) is 21.8 Å². The first kappa shape index (κ1) is 15.4. The molecule has 0 spiro atoms. The van der Waals surface area contributed by atoms with Crippen LogP contribution in [0.3, 0.4) is 0 Å². The number of amides is 1. The van der Waals surface area contributed by atoms with Crippen molar-refractivity contribution in [3.63, 3.8) is 0 Å². The Balaban J connectivity index is 1.75. The highest BCUT2D eigenvalue weighted by Gasteiger charge is 2.60. The Morgan fingerprint density at radius 1 is 1.27 bits per heavy atom. The maximum atomic E-state index is 12.2. The van der Waals surface area contributed by atoms with Crippen LogP contribution in [0.2, 0.25) is 0 Å². The van der Waals surface area contributed by atoms with E-state index in [1.54, 1.807) is 12.1 Å². The molecule has 0 unspecified atom stereocenters. The van der Waals surface area contributed by atoms with Crippen molar-refractivity contribution in [2.45, 2.75) is 47.0 Å². The van der Waals surface area contributed by atoms with Gasteiger partial charge < -0.3 is 0 Å². The van der Waals surface area contributed by atoms with Crippen LogP contribution < -0.4 is 5.43 Å². The van der Waals surface area contributed by atoms with Gasteiger partial charge >= 0.3 is 0 Å². The molecule has 2 bridgehead atoms. The van der Waals surface area contributed by atoms with E-state index < -0.39 is 0 Å². The van der Waals surface area contributed by atoms with Crippen LogP contribution in [-0.4, -0.2) is 17.4 Å². The molecule has 5 heteroatoms. The molecule has 1 amide bonds. The molecule has 1 aromatic heterocycles. The van der Waals surface area contributed by atoms with E-state index in [-0.39, 0.29) is 22.5 Å². The molecule has 0 aromatic carbocycles. The van der Waals surface area contributed by atoms with Gasteiger partial charge in [0.2, 0.25) is 0 Å². The van der Waals surface area contributed by atoms with Crippen LogP contribution in [0, 0.1) is 16.7 Å². The number of ketones is 1. The quantitative estimate of drug-likeness (QED) is 0.679. The number of hydrogen-bond acceptors (Lipinski definition) is 4. The molecule has 3 rings (SSSR count). The highest BCUT2D eigenvalue weighted by Crippen LogP contribution is 2.63. The van der Waals surface area contributed by atoms with E-state index in [4.69, 9.17) is 0 Å². The fourth-order valence-corrected chi connectivity index (χ4v) is 4.71. The van der Waals surface area contributed by atoms with Crippen molar-refractivity contribution in [1.29, 1.82) is 0 Å². The summed E-state index contributed by atoms with van der Waals surface area (Å²) in [5.41, 5.74) is 4.14. The van der Waals surface area contributed by atoms with Gasteiger partial charge in [-0.1, -0.05) is 20.8 Å². The summed E-state index contributed by atoms with van der Waals surface area (Å²) in [4.78, 5) is 24.6. The first-order valence-corrected chi connectivity index (χ1v) is 8.55. The van der Waals surface area contributed by atoms with Gasteiger partial charge in [0.25, 0.3) is 5.91 Å². The monoisotopic (exact) mass is 318 g/mol. The number of nitrogens with one attached hydrogen (secondary N) is 1. The molecule has 2 aliphatic rings. The van der Waals surface area contributed by atoms with Gasteiger partial charge in [0.05, 0.1) is 9.75 Å². The molecule has 2 aliphatic carbocycles. The second-order valence-electron chi connectivity index (χ2n) is 7.21. The SMILES string of the molecule is CC(=O)c1ccc(C(=O)N/N=C2/C[C@H]3CC[C@]2(C)C3(C)C)s1. The zero-order valence-electron chi connectivity index (χ0n) is 13.5. The molecular weight excluding hydrogens is 296 g/mol. The van der Waals surface area contributed by atoms with Crippen molar-refractivity contribution >= 4 is 28.7 Å². The number of Topliss-reactive ketones (excluding diaryl/α,β-unsaturated/α-hetero) is 1. The third-order valence-electron chi connectivity index (χ3n) is 5.98. The summed E-state index contributed by atoms with van der Waals surface area (Å²) in [5, 5.41) is 4.44. The van der Waals surface area contributed by atoms with Gasteiger partial charge in [-0.3, -0.25) is 9.59 Å². The smallest absolute Gasteiger partial charge is 0.281 e. The summed E-state index contributed by atoms with van der Waals surface area (Å²) in [6.45, 7) is 8.40. The molecule has 22 heavy (non-hydrogen) atoms. The van der Waals surface area contributed by atoms with Gasteiger partial charge in [0.15, 0.2) is 5.78 Å². The second-order valence-corrected chi connectivity index (χ2v) is 8.30. The lowest BCUT2D eigenvalue weighted by Crippen LogP contribution is -2.34. The van der Waals surface area contributed by atoms with E-state index >= 15 is 0 Å². The summed E-state index contributed by atoms with van der Waals surface area (Å²) in [5.74, 6) is 0.422. The summed E-state index contributed by atoms with van der Waals surface area (Å²) in [6.07, 6.45) is 3.38. The number of carbonyl (C=O) groups is 2. The van der Waals surface area contributed by atoms with E-state index in [0.717, 1.165) is 18.6 Å². The lowest BCUT2D eigenvalue weighted by Gasteiger charge is -2.34. The Bertz CT molecular complexity index is 674. The van der Waals surface area contributed by atoms with Gasteiger partial charge in [-0.05, 0) is 49.7 Å². The minimum Gasteiger partial charge on any atom is -0.294 e. The van der Waals surface area contributed by atoms with E-state index in [0.29, 0.717) is 15.7 Å². The summed E-state index contributed by atoms with van der Waals surface area (Å²) < 4.78 is 0. The molecule has 2 saturated carbocycles. The fourth-order valence-electron chi connectivity index (χ4n) is 3.92. The zero-order valence-corrected chi connectivity index (χ0v) is 14.3. The Hall–Kier alpha value is -1.49. The van der Waals surface area contributed by atoms with Crippen LogP contribution in [-0.2, 0) is 0 Å². The summed E-state index contributed by atoms with van der Waals surface area (Å²) in [7, 11) is 0. The lowest BCUT2D eigenvalue weighted by molar-refractivity contribution is 0.0957. The first-order valence-electron chi connectivity index (χ1n) is 7.74. The molecule has 118 valence electrons. The lowest BCUT2D eigenvalue weighted by atomic mass is 9.70. The number of nitrogens with zero attached hydrogens (tertiary/aromatic N) is 1. The van der Waals surface area contributed by atoms with Gasteiger partial charge in [-0.15, -0.1) is 11.3 Å². The Morgan fingerprint density at radius 3 is 2.45 bits per heavy atom. The number of hydrogen-bond donors (Lipinski definition) is 1. The number of rotatable bonds is 3. The van der Waals surface area contributed by atoms with Gasteiger partial charge in [0.1, 0.15) is 0 Å². The molecule has 0 saturated heterocycles. The molecule has 1 heterocycles. The number of hydrazone groups is 1. The Labute approximate surface area is 135 Å². The Kier molecular flexibility index (Phi) is 3.51. The van der Waals surface area contributed by atoms with Crippen molar-refractivity contribution in [3.05, 3.63) is 21.9 Å². The van der Waals surface area contributed by atoms with Crippen molar-refractivity contribution in [2.75, 3.05) is 0 Å². The first-order chi connectivity index (χ1) is 10.3. The Morgan fingerprint density at radius 2 is 1.95 bits per heavy atom. The van der Waals surface area contributed by atoms with E-state index in [1.807, 2.05) is 0 Å². The van der Waals surface area contributed by atoms with E-state index in [1.165, 1.54) is 24.7 Å². The average Bonchev–Trinajstić information content (AvgIpc) is 3.07. The minimum absolute atomic E-state index is 0.0160. The zero-order chi connectivity index (χ0) is 16.1. The predicted octanol–water partition coefficient (Wildman–Crippen LogP) is 3.88. The van der Waals surface area contributed by atoms with Gasteiger partial charge in [-0.2, -0.15) is 5.10 Å². The van der Waals surface area contributed by atoms with E-state index in [9.17, 15) is 9.59 Å². The van der Waals surface area contributed by atoms with Gasteiger partial charge in [0, 0.05) is 11.1 Å². The largest absolute Gasteiger partial charge is 0.294 e. The van der Waals surface area contributed by atoms with Crippen molar-refractivity contribution in [1.82, 2.24) is 5.43 Å². The third-order valence-corrected chi connectivity index (χ3v) is 7.17. The normalized spacial score (nSPS) is 30.7. The summed E-state index contributed by atoms with van der Waals surface area (Å²) >= 11 is 1.21. The number of thiophene rings is 1. The standard InChI is InChI=1S/C17H22N2O2S/c1-10(20)12-5-6-13(22-12)15(21)19-18-14-9-11-7-8-17(14,4)16(11,2)3/h5-6,11H,7-9H2,1-4H3,(H,19,21)/b18-14-/t11-,17+/m1/s1. The predicted molar refractivity (Wildman–Crippen MR) is 88.5 cm³/mol. The summed E-state index contributed by atoms with van der Waals surface area (Å²) in [6, 6.07) is 3.38. The molecular formula is C17H22N2O2S. The van der Waals surface area contributed by atoms with Crippen LogP contribution in [0.15, 0.2) is 17.2 Å². The van der Waals surface area contributed by atoms with Crippen LogP contribution in [0.1, 0.15) is 66.3 Å². The topological polar surface area (TPSA) is 58.5 Å².